The van der Waals surface area contributed by atoms with Gasteiger partial charge in [-0.3, -0.25) is 29.6 Å². The summed E-state index contributed by atoms with van der Waals surface area (Å²) in [5.74, 6) is -0.709. The molecule has 1 fully saturated rings. The minimum Gasteiger partial charge on any atom is -0.381 e. The number of hydrogen-bond acceptors (Lipinski definition) is 7. The molecule has 3 aliphatic rings. The third kappa shape index (κ3) is 4.85. The minimum absolute atomic E-state index is 0.219. The van der Waals surface area contributed by atoms with Gasteiger partial charge in [-0.05, 0) is 41.5 Å². The predicted molar refractivity (Wildman–Crippen MR) is 135 cm³/mol. The van der Waals surface area contributed by atoms with Crippen molar-refractivity contribution in [3.8, 4) is 0 Å². The third-order valence-electron chi connectivity index (χ3n) is 6.62. The van der Waals surface area contributed by atoms with Crippen molar-refractivity contribution in [3.05, 3.63) is 65.0 Å². The van der Waals surface area contributed by atoms with Crippen LogP contribution in [0, 0.1) is 0 Å². The highest BCUT2D eigenvalue weighted by molar-refractivity contribution is 6.16. The summed E-state index contributed by atoms with van der Waals surface area (Å²) < 4.78 is 5.44. The maximum atomic E-state index is 13.5. The number of imide groups is 1. The van der Waals surface area contributed by atoms with Crippen molar-refractivity contribution >= 4 is 41.4 Å². The number of carbonyl (C=O) groups excluding carboxylic acids is 4. The van der Waals surface area contributed by atoms with E-state index in [1.54, 1.807) is 36.5 Å². The lowest BCUT2D eigenvalue weighted by Gasteiger charge is -2.29. The normalized spacial score (nSPS) is 17.6. The van der Waals surface area contributed by atoms with Crippen LogP contribution in [0.1, 0.15) is 29.7 Å². The Hall–Kier alpha value is -4.38. The molecule has 0 bridgehead atoms. The highest BCUT2D eigenvalue weighted by Gasteiger charge is 2.50. The summed E-state index contributed by atoms with van der Waals surface area (Å²) in [7, 11) is 1.43. The summed E-state index contributed by atoms with van der Waals surface area (Å²) in [6.45, 7) is 0.636. The lowest BCUT2D eigenvalue weighted by molar-refractivity contribution is -0.136. The smallest absolute Gasteiger partial charge is 0.321 e. The van der Waals surface area contributed by atoms with Gasteiger partial charge in [-0.2, -0.15) is 0 Å². The molecule has 0 atom stereocenters. The molecule has 3 N–H and O–H groups in total. The molecule has 190 valence electrons. The van der Waals surface area contributed by atoms with Crippen molar-refractivity contribution < 1.29 is 23.9 Å². The number of anilines is 1. The summed E-state index contributed by atoms with van der Waals surface area (Å²) in [5, 5.41) is 7.44. The van der Waals surface area contributed by atoms with Crippen LogP contribution in [0.15, 0.2) is 53.2 Å². The monoisotopic (exact) mass is 502 g/mol. The number of hydrogen-bond donors (Lipinski definition) is 3. The second kappa shape index (κ2) is 9.94. The van der Waals surface area contributed by atoms with Gasteiger partial charge in [0.1, 0.15) is 17.8 Å². The van der Waals surface area contributed by atoms with Gasteiger partial charge < -0.3 is 15.4 Å². The molecule has 1 spiro atoms. The van der Waals surface area contributed by atoms with Gasteiger partial charge in [-0.1, -0.05) is 12.1 Å². The Morgan fingerprint density at radius 2 is 1.95 bits per heavy atom. The van der Waals surface area contributed by atoms with E-state index in [2.05, 4.69) is 20.9 Å². The molecule has 2 aromatic rings. The Labute approximate surface area is 213 Å². The standard InChI is InChI=1S/C26H26N6O5/c1-27-25(36)30-23(34)18-12-16-5-6-19(14-17(16)13-18)29-21(33)15-32-22(20-4-2-3-9-28-20)31-26(24(32)35)7-10-37-11-8-26/h2-6,9,13-14H,7-8,10-12,15H2,1H3,(H,29,33)(H2,27,30,34,36). The highest BCUT2D eigenvalue weighted by atomic mass is 16.5. The fourth-order valence-corrected chi connectivity index (χ4v) is 4.68. The van der Waals surface area contributed by atoms with E-state index in [4.69, 9.17) is 9.73 Å². The number of pyridine rings is 1. The van der Waals surface area contributed by atoms with Gasteiger partial charge in [0.25, 0.3) is 11.8 Å². The summed E-state index contributed by atoms with van der Waals surface area (Å²) in [6, 6.07) is 10.1. The molecule has 1 aromatic carbocycles. The average Bonchev–Trinajstić information content (AvgIpc) is 3.45. The SMILES string of the molecule is CNC(=O)NC(=O)C1=Cc2cc(NC(=O)CN3C(=O)C4(CCOCC4)N=C3c3ccccn3)ccc2C1. The zero-order valence-electron chi connectivity index (χ0n) is 20.2. The quantitative estimate of drug-likeness (QED) is 0.562. The molecule has 0 radical (unpaired) electrons. The Morgan fingerprint density at radius 3 is 2.68 bits per heavy atom. The number of aromatic nitrogens is 1. The molecule has 5 rings (SSSR count). The van der Waals surface area contributed by atoms with E-state index in [0.717, 1.165) is 11.1 Å². The molecule has 11 nitrogen and oxygen atoms in total. The van der Waals surface area contributed by atoms with Gasteiger partial charge >= 0.3 is 6.03 Å². The van der Waals surface area contributed by atoms with Gasteiger partial charge in [0.05, 0.1) is 0 Å². The molecular weight excluding hydrogens is 476 g/mol. The zero-order chi connectivity index (χ0) is 26.0. The molecule has 0 unspecified atom stereocenters. The molecule has 37 heavy (non-hydrogen) atoms. The fourth-order valence-electron chi connectivity index (χ4n) is 4.68. The number of aliphatic imine (C=N–C) groups is 1. The molecule has 1 saturated heterocycles. The number of benzene rings is 1. The Morgan fingerprint density at radius 1 is 1.14 bits per heavy atom. The number of rotatable bonds is 5. The topological polar surface area (TPSA) is 142 Å². The van der Waals surface area contributed by atoms with E-state index in [1.165, 1.54) is 11.9 Å². The summed E-state index contributed by atoms with van der Waals surface area (Å²) in [4.78, 5) is 60.8. The van der Waals surface area contributed by atoms with Crippen LogP contribution >= 0.6 is 0 Å². The van der Waals surface area contributed by atoms with Gasteiger partial charge in [-0.25, -0.2) is 9.79 Å². The van der Waals surface area contributed by atoms with Crippen molar-refractivity contribution in [2.75, 3.05) is 32.1 Å². The fraction of sp³-hybridized carbons (Fsp3) is 0.308. The lowest BCUT2D eigenvalue weighted by Crippen LogP contribution is -2.48. The first-order chi connectivity index (χ1) is 17.9. The number of fused-ring (bicyclic) bond motifs is 1. The Balaban J connectivity index is 1.31. The number of urea groups is 1. The number of amidine groups is 1. The summed E-state index contributed by atoms with van der Waals surface area (Å²) in [5.41, 5.74) is 2.24. The van der Waals surface area contributed by atoms with E-state index >= 15 is 0 Å². The second-order valence-electron chi connectivity index (χ2n) is 9.03. The van der Waals surface area contributed by atoms with Gasteiger partial charge in [0, 0.05) is 57.0 Å². The van der Waals surface area contributed by atoms with Crippen molar-refractivity contribution in [1.29, 1.82) is 0 Å². The molecule has 2 aliphatic heterocycles. The van der Waals surface area contributed by atoms with E-state index in [0.29, 0.717) is 55.3 Å². The van der Waals surface area contributed by atoms with Crippen LogP contribution in [-0.4, -0.2) is 71.8 Å². The molecule has 3 heterocycles. The predicted octanol–water partition coefficient (Wildman–Crippen LogP) is 1.25. The van der Waals surface area contributed by atoms with Crippen LogP contribution in [0.5, 0.6) is 0 Å². The first-order valence-corrected chi connectivity index (χ1v) is 12.0. The van der Waals surface area contributed by atoms with Gasteiger partial charge in [0.15, 0.2) is 5.84 Å². The molecular formula is C26H26N6O5. The van der Waals surface area contributed by atoms with Gasteiger partial charge in [0.2, 0.25) is 5.91 Å². The van der Waals surface area contributed by atoms with Crippen LogP contribution in [-0.2, 0) is 25.5 Å². The van der Waals surface area contributed by atoms with Crippen LogP contribution in [0.4, 0.5) is 10.5 Å². The maximum Gasteiger partial charge on any atom is 0.321 e. The number of carbonyl (C=O) groups is 4. The number of ether oxygens (including phenoxy) is 1. The Kier molecular flexibility index (Phi) is 6.53. The van der Waals surface area contributed by atoms with Crippen LogP contribution in [0.25, 0.3) is 6.08 Å². The maximum absolute atomic E-state index is 13.5. The van der Waals surface area contributed by atoms with Gasteiger partial charge in [-0.15, -0.1) is 0 Å². The third-order valence-corrected chi connectivity index (χ3v) is 6.62. The van der Waals surface area contributed by atoms with E-state index in [1.807, 2.05) is 12.1 Å². The molecule has 1 aromatic heterocycles. The van der Waals surface area contributed by atoms with Crippen molar-refractivity contribution in [2.24, 2.45) is 4.99 Å². The minimum atomic E-state index is -0.935. The molecule has 11 heteroatoms. The zero-order valence-corrected chi connectivity index (χ0v) is 20.2. The Bertz CT molecular complexity index is 1330. The van der Waals surface area contributed by atoms with Crippen LogP contribution in [0.3, 0.4) is 0 Å². The highest BCUT2D eigenvalue weighted by Crippen LogP contribution is 2.34. The molecule has 0 saturated carbocycles. The van der Waals surface area contributed by atoms with E-state index in [-0.39, 0.29) is 18.4 Å². The first kappa shape index (κ1) is 24.3. The number of amides is 5. The van der Waals surface area contributed by atoms with Crippen molar-refractivity contribution in [2.45, 2.75) is 24.8 Å². The van der Waals surface area contributed by atoms with Crippen molar-refractivity contribution in [1.82, 2.24) is 20.5 Å². The summed E-state index contributed by atoms with van der Waals surface area (Å²) >= 11 is 0. The first-order valence-electron chi connectivity index (χ1n) is 12.0. The lowest BCUT2D eigenvalue weighted by atomic mass is 9.90. The largest absolute Gasteiger partial charge is 0.381 e. The average molecular weight is 503 g/mol. The van der Waals surface area contributed by atoms with Crippen LogP contribution < -0.4 is 16.0 Å². The second-order valence-corrected chi connectivity index (χ2v) is 9.03. The number of nitrogens with one attached hydrogen (secondary N) is 3. The summed E-state index contributed by atoms with van der Waals surface area (Å²) in [6.07, 6.45) is 4.59. The molecule has 5 amide bonds. The molecule has 1 aliphatic carbocycles. The van der Waals surface area contributed by atoms with E-state index < -0.39 is 17.5 Å². The van der Waals surface area contributed by atoms with Crippen molar-refractivity contribution in [3.63, 3.8) is 0 Å². The van der Waals surface area contributed by atoms with Crippen LogP contribution in [0.2, 0.25) is 0 Å². The number of nitrogens with zero attached hydrogens (tertiary/aromatic N) is 3. The van der Waals surface area contributed by atoms with E-state index in [9.17, 15) is 19.2 Å².